The molecule has 0 spiro atoms. The second-order valence-electron chi connectivity index (χ2n) is 4.90. The van der Waals surface area contributed by atoms with Crippen LogP contribution in [0.5, 0.6) is 5.75 Å². The lowest BCUT2D eigenvalue weighted by Crippen LogP contribution is -2.34. The van der Waals surface area contributed by atoms with Crippen molar-refractivity contribution in [1.29, 1.82) is 0 Å². The maximum absolute atomic E-state index is 5.39. The summed E-state index contributed by atoms with van der Waals surface area (Å²) in [5.41, 5.74) is 1.23. The Morgan fingerprint density at radius 1 is 1.11 bits per heavy atom. The van der Waals surface area contributed by atoms with Gasteiger partial charge in [0.15, 0.2) is 0 Å². The van der Waals surface area contributed by atoms with Crippen LogP contribution >= 0.6 is 0 Å². The normalized spacial score (nSPS) is 23.9. The van der Waals surface area contributed by atoms with Crippen LogP contribution in [-0.2, 0) is 11.3 Å². The summed E-state index contributed by atoms with van der Waals surface area (Å²) in [5.74, 6) is 0.968. The van der Waals surface area contributed by atoms with Gasteiger partial charge in [-0.15, -0.1) is 0 Å². The molecule has 2 rings (SSSR count). The molecule has 0 aliphatic heterocycles. The van der Waals surface area contributed by atoms with E-state index in [1.54, 1.807) is 7.11 Å². The van der Waals surface area contributed by atoms with E-state index < -0.39 is 0 Å². The van der Waals surface area contributed by atoms with Crippen LogP contribution in [0.1, 0.15) is 31.2 Å². The number of nitrogens with one attached hydrogen (secondary N) is 1. The summed E-state index contributed by atoms with van der Waals surface area (Å²) in [7, 11) is 3.54. The zero-order valence-corrected chi connectivity index (χ0v) is 11.3. The predicted molar refractivity (Wildman–Crippen MR) is 72.9 cm³/mol. The van der Waals surface area contributed by atoms with Crippen LogP contribution in [0.15, 0.2) is 24.3 Å². The Balaban J connectivity index is 1.81. The minimum Gasteiger partial charge on any atom is -0.496 e. The fourth-order valence-corrected chi connectivity index (χ4v) is 2.61. The van der Waals surface area contributed by atoms with E-state index in [9.17, 15) is 0 Å². The van der Waals surface area contributed by atoms with Gasteiger partial charge in [-0.2, -0.15) is 0 Å². The van der Waals surface area contributed by atoms with Gasteiger partial charge in [0.1, 0.15) is 5.75 Å². The minimum absolute atomic E-state index is 0.467. The van der Waals surface area contributed by atoms with Crippen molar-refractivity contribution in [3.63, 3.8) is 0 Å². The number of rotatable bonds is 5. The van der Waals surface area contributed by atoms with Gasteiger partial charge < -0.3 is 14.8 Å². The molecule has 1 saturated carbocycles. The van der Waals surface area contributed by atoms with E-state index in [0.717, 1.165) is 12.3 Å². The van der Waals surface area contributed by atoms with E-state index in [2.05, 4.69) is 17.4 Å². The number of methoxy groups -OCH3 is 2. The molecular weight excluding hydrogens is 226 g/mol. The standard InChI is InChI=1S/C15H23NO2/c1-17-14-9-7-13(8-10-14)16-11-12-5-3-4-6-15(12)18-2/h3-6,13-14,16H,7-11H2,1-2H3. The van der Waals surface area contributed by atoms with Gasteiger partial charge in [-0.05, 0) is 31.7 Å². The maximum Gasteiger partial charge on any atom is 0.123 e. The topological polar surface area (TPSA) is 30.5 Å². The van der Waals surface area contributed by atoms with Crippen molar-refractivity contribution in [2.45, 2.75) is 44.4 Å². The summed E-state index contributed by atoms with van der Waals surface area (Å²) in [6.07, 6.45) is 5.20. The lowest BCUT2D eigenvalue weighted by Gasteiger charge is -2.28. The molecule has 0 atom stereocenters. The van der Waals surface area contributed by atoms with Gasteiger partial charge in [-0.3, -0.25) is 0 Å². The molecule has 0 unspecified atom stereocenters. The van der Waals surface area contributed by atoms with E-state index in [1.165, 1.54) is 31.2 Å². The average Bonchev–Trinajstić information content (AvgIpc) is 2.46. The SMILES string of the molecule is COc1ccccc1CNC1CCC(OC)CC1. The molecule has 1 aliphatic carbocycles. The molecule has 18 heavy (non-hydrogen) atoms. The number of hydrogen-bond donors (Lipinski definition) is 1. The lowest BCUT2D eigenvalue weighted by molar-refractivity contribution is 0.0623. The van der Waals surface area contributed by atoms with Gasteiger partial charge in [-0.1, -0.05) is 18.2 Å². The highest BCUT2D eigenvalue weighted by molar-refractivity contribution is 5.33. The zero-order valence-electron chi connectivity index (χ0n) is 11.3. The van der Waals surface area contributed by atoms with E-state index in [-0.39, 0.29) is 0 Å². The monoisotopic (exact) mass is 249 g/mol. The molecule has 1 N–H and O–H groups in total. The van der Waals surface area contributed by atoms with Crippen molar-refractivity contribution >= 4 is 0 Å². The van der Waals surface area contributed by atoms with Crippen LogP contribution in [0.25, 0.3) is 0 Å². The second-order valence-corrected chi connectivity index (χ2v) is 4.90. The first-order chi connectivity index (χ1) is 8.83. The van der Waals surface area contributed by atoms with Crippen LogP contribution in [-0.4, -0.2) is 26.4 Å². The smallest absolute Gasteiger partial charge is 0.123 e. The van der Waals surface area contributed by atoms with Crippen LogP contribution in [0.2, 0.25) is 0 Å². The first kappa shape index (κ1) is 13.4. The van der Waals surface area contributed by atoms with Crippen molar-refractivity contribution in [3.05, 3.63) is 29.8 Å². The Hall–Kier alpha value is -1.06. The summed E-state index contributed by atoms with van der Waals surface area (Å²) < 4.78 is 10.8. The molecule has 3 heteroatoms. The minimum atomic E-state index is 0.467. The van der Waals surface area contributed by atoms with Gasteiger partial charge >= 0.3 is 0 Å². The van der Waals surface area contributed by atoms with Crippen molar-refractivity contribution in [3.8, 4) is 5.75 Å². The largest absolute Gasteiger partial charge is 0.496 e. The highest BCUT2D eigenvalue weighted by Gasteiger charge is 2.20. The highest BCUT2D eigenvalue weighted by atomic mass is 16.5. The summed E-state index contributed by atoms with van der Waals surface area (Å²) in [6, 6.07) is 8.81. The molecule has 3 nitrogen and oxygen atoms in total. The van der Waals surface area contributed by atoms with Gasteiger partial charge in [0.2, 0.25) is 0 Å². The zero-order chi connectivity index (χ0) is 12.8. The Labute approximate surface area is 109 Å². The molecule has 0 bridgehead atoms. The van der Waals surface area contributed by atoms with Crippen LogP contribution < -0.4 is 10.1 Å². The Bertz CT molecular complexity index is 359. The van der Waals surface area contributed by atoms with Crippen molar-refractivity contribution in [2.75, 3.05) is 14.2 Å². The third kappa shape index (κ3) is 3.47. The van der Waals surface area contributed by atoms with E-state index in [4.69, 9.17) is 9.47 Å². The third-order valence-corrected chi connectivity index (χ3v) is 3.78. The summed E-state index contributed by atoms with van der Waals surface area (Å²) in [6.45, 7) is 0.881. The van der Waals surface area contributed by atoms with Crippen molar-refractivity contribution < 1.29 is 9.47 Å². The number of benzene rings is 1. The van der Waals surface area contributed by atoms with Crippen LogP contribution in [0.4, 0.5) is 0 Å². The third-order valence-electron chi connectivity index (χ3n) is 3.78. The van der Waals surface area contributed by atoms with Crippen molar-refractivity contribution in [1.82, 2.24) is 5.32 Å². The predicted octanol–water partition coefficient (Wildman–Crippen LogP) is 2.74. The quantitative estimate of drug-likeness (QED) is 0.870. The van der Waals surface area contributed by atoms with E-state index in [1.807, 2.05) is 19.2 Å². The molecule has 0 aromatic heterocycles. The molecular formula is C15H23NO2. The van der Waals surface area contributed by atoms with E-state index in [0.29, 0.717) is 12.1 Å². The maximum atomic E-state index is 5.39. The fourth-order valence-electron chi connectivity index (χ4n) is 2.61. The van der Waals surface area contributed by atoms with Gasteiger partial charge in [0.25, 0.3) is 0 Å². The van der Waals surface area contributed by atoms with Gasteiger partial charge in [-0.25, -0.2) is 0 Å². The number of hydrogen-bond acceptors (Lipinski definition) is 3. The summed E-state index contributed by atoms with van der Waals surface area (Å²) >= 11 is 0. The molecule has 1 aromatic carbocycles. The average molecular weight is 249 g/mol. The van der Waals surface area contributed by atoms with E-state index >= 15 is 0 Å². The van der Waals surface area contributed by atoms with Crippen LogP contribution in [0, 0.1) is 0 Å². The summed E-state index contributed by atoms with van der Waals surface area (Å²) in [4.78, 5) is 0. The molecule has 0 heterocycles. The molecule has 100 valence electrons. The molecule has 0 radical (unpaired) electrons. The Kier molecular flexibility index (Phi) is 5.02. The highest BCUT2D eigenvalue weighted by Crippen LogP contribution is 2.22. The Morgan fingerprint density at radius 2 is 1.83 bits per heavy atom. The molecule has 1 fully saturated rings. The first-order valence-corrected chi connectivity index (χ1v) is 6.71. The van der Waals surface area contributed by atoms with Gasteiger partial charge in [0.05, 0.1) is 13.2 Å². The summed E-state index contributed by atoms with van der Waals surface area (Å²) in [5, 5.41) is 3.62. The Morgan fingerprint density at radius 3 is 2.50 bits per heavy atom. The second kappa shape index (κ2) is 6.76. The molecule has 0 saturated heterocycles. The van der Waals surface area contributed by atoms with Crippen molar-refractivity contribution in [2.24, 2.45) is 0 Å². The van der Waals surface area contributed by atoms with Gasteiger partial charge in [0, 0.05) is 25.3 Å². The fraction of sp³-hybridized carbons (Fsp3) is 0.600. The molecule has 1 aromatic rings. The first-order valence-electron chi connectivity index (χ1n) is 6.71. The number of para-hydroxylation sites is 1. The molecule has 0 amide bonds. The van der Waals surface area contributed by atoms with Crippen LogP contribution in [0.3, 0.4) is 0 Å². The molecule has 1 aliphatic rings. The number of ether oxygens (including phenoxy) is 2. The lowest BCUT2D eigenvalue weighted by atomic mass is 9.93.